The molecule has 1 N–H and O–H groups in total. The molecule has 0 amide bonds. The number of hydrogen-bond donors (Lipinski definition) is 1. The Balaban J connectivity index is 3.31. The van der Waals surface area contributed by atoms with E-state index in [2.05, 4.69) is 24.3 Å². The first kappa shape index (κ1) is 15.0. The molecule has 1 aromatic heterocycles. The number of ether oxygens (including phenoxy) is 2. The van der Waals surface area contributed by atoms with Crippen molar-refractivity contribution in [1.82, 2.24) is 15.1 Å². The summed E-state index contributed by atoms with van der Waals surface area (Å²) in [7, 11) is 5.30. The summed E-state index contributed by atoms with van der Waals surface area (Å²) in [5.41, 5.74) is 0.663. The van der Waals surface area contributed by atoms with Crippen LogP contribution in [0.5, 0.6) is 5.75 Å². The zero-order valence-electron chi connectivity index (χ0n) is 12.4. The number of hydrogen-bond acceptors (Lipinski definition) is 4. The van der Waals surface area contributed by atoms with Gasteiger partial charge >= 0.3 is 0 Å². The summed E-state index contributed by atoms with van der Waals surface area (Å²) in [5.74, 6) is 0.785. The van der Waals surface area contributed by atoms with Crippen LogP contribution < -0.4 is 10.1 Å². The molecule has 1 atom stereocenters. The van der Waals surface area contributed by atoms with E-state index in [1.165, 1.54) is 0 Å². The highest BCUT2D eigenvalue weighted by atomic mass is 16.5. The van der Waals surface area contributed by atoms with Crippen molar-refractivity contribution in [2.45, 2.75) is 45.4 Å². The van der Waals surface area contributed by atoms with E-state index in [1.54, 1.807) is 20.4 Å². The molecule has 1 unspecified atom stereocenters. The van der Waals surface area contributed by atoms with Crippen molar-refractivity contribution in [1.29, 1.82) is 0 Å². The summed E-state index contributed by atoms with van der Waals surface area (Å²) in [6.07, 6.45) is 1.76. The Bertz CT molecular complexity index is 386. The van der Waals surface area contributed by atoms with E-state index < -0.39 is 0 Å². The third kappa shape index (κ3) is 2.67. The van der Waals surface area contributed by atoms with Gasteiger partial charge in [-0.05, 0) is 34.7 Å². The number of aromatic nitrogens is 2. The molecule has 5 heteroatoms. The van der Waals surface area contributed by atoms with Gasteiger partial charge in [0.1, 0.15) is 5.69 Å². The molecule has 0 radical (unpaired) electrons. The average Bonchev–Trinajstić information content (AvgIpc) is 2.73. The van der Waals surface area contributed by atoms with E-state index in [-0.39, 0.29) is 17.7 Å². The molecule has 104 valence electrons. The van der Waals surface area contributed by atoms with Crippen molar-refractivity contribution in [2.75, 3.05) is 21.3 Å². The Morgan fingerprint density at radius 3 is 2.33 bits per heavy atom. The minimum atomic E-state index is -0.352. The maximum Gasteiger partial charge on any atom is 0.161 e. The average molecular weight is 255 g/mol. The van der Waals surface area contributed by atoms with E-state index in [1.807, 2.05) is 25.6 Å². The quantitative estimate of drug-likeness (QED) is 0.846. The van der Waals surface area contributed by atoms with Gasteiger partial charge in [-0.1, -0.05) is 0 Å². The van der Waals surface area contributed by atoms with Crippen LogP contribution in [0.1, 0.15) is 45.5 Å². The second kappa shape index (κ2) is 5.71. The molecule has 0 aliphatic heterocycles. The van der Waals surface area contributed by atoms with Crippen LogP contribution in [0.25, 0.3) is 0 Å². The van der Waals surface area contributed by atoms with Gasteiger partial charge in [-0.2, -0.15) is 5.10 Å². The summed E-state index contributed by atoms with van der Waals surface area (Å²) >= 11 is 0. The second-order valence-corrected chi connectivity index (χ2v) is 5.17. The van der Waals surface area contributed by atoms with Crippen LogP contribution in [-0.4, -0.2) is 36.6 Å². The van der Waals surface area contributed by atoms with Gasteiger partial charge in [0.15, 0.2) is 5.75 Å². The fraction of sp³-hybridized carbons (Fsp3) is 0.769. The van der Waals surface area contributed by atoms with Crippen molar-refractivity contribution in [3.63, 3.8) is 0 Å². The van der Waals surface area contributed by atoms with E-state index in [4.69, 9.17) is 9.47 Å². The van der Waals surface area contributed by atoms with Gasteiger partial charge in [-0.3, -0.25) is 4.68 Å². The van der Waals surface area contributed by atoms with E-state index in [0.717, 1.165) is 11.4 Å². The lowest BCUT2D eigenvalue weighted by Crippen LogP contribution is -2.40. The first-order chi connectivity index (χ1) is 8.38. The van der Waals surface area contributed by atoms with E-state index in [0.29, 0.717) is 0 Å². The Morgan fingerprint density at radius 2 is 1.94 bits per heavy atom. The van der Waals surface area contributed by atoms with Crippen LogP contribution in [0.4, 0.5) is 0 Å². The molecule has 0 aliphatic carbocycles. The fourth-order valence-corrected chi connectivity index (χ4v) is 2.13. The predicted octanol–water partition coefficient (Wildman–Crippen LogP) is 2.16. The van der Waals surface area contributed by atoms with Crippen molar-refractivity contribution in [2.24, 2.45) is 0 Å². The first-order valence-electron chi connectivity index (χ1n) is 6.22. The SMILES string of the molecule is CNC(c1c(OC)cnn1C(C)C)C(C)(C)OC. The summed E-state index contributed by atoms with van der Waals surface area (Å²) in [6.45, 7) is 8.29. The first-order valence-corrected chi connectivity index (χ1v) is 6.22. The summed E-state index contributed by atoms with van der Waals surface area (Å²) in [5, 5.41) is 7.70. The van der Waals surface area contributed by atoms with Gasteiger partial charge in [0.05, 0.1) is 24.9 Å². The van der Waals surface area contributed by atoms with Gasteiger partial charge in [-0.15, -0.1) is 0 Å². The lowest BCUT2D eigenvalue weighted by atomic mass is 9.95. The zero-order valence-corrected chi connectivity index (χ0v) is 12.4. The van der Waals surface area contributed by atoms with Crippen molar-refractivity contribution in [3.8, 4) is 5.75 Å². The third-order valence-electron chi connectivity index (χ3n) is 3.29. The predicted molar refractivity (Wildman–Crippen MR) is 72.1 cm³/mol. The molecular formula is C13H25N3O2. The Morgan fingerprint density at radius 1 is 1.33 bits per heavy atom. The fourth-order valence-electron chi connectivity index (χ4n) is 2.13. The highest BCUT2D eigenvalue weighted by Crippen LogP contribution is 2.35. The summed E-state index contributed by atoms with van der Waals surface area (Å²) in [6, 6.07) is 0.273. The smallest absolute Gasteiger partial charge is 0.161 e. The molecule has 1 heterocycles. The molecule has 0 aromatic carbocycles. The highest BCUT2D eigenvalue weighted by molar-refractivity contribution is 5.30. The minimum Gasteiger partial charge on any atom is -0.493 e. The number of methoxy groups -OCH3 is 2. The molecule has 5 nitrogen and oxygen atoms in total. The Kier molecular flexibility index (Phi) is 4.76. The van der Waals surface area contributed by atoms with E-state index in [9.17, 15) is 0 Å². The maximum atomic E-state index is 5.59. The van der Waals surface area contributed by atoms with Gasteiger partial charge in [-0.25, -0.2) is 0 Å². The van der Waals surface area contributed by atoms with E-state index >= 15 is 0 Å². The molecule has 0 spiro atoms. The lowest BCUT2D eigenvalue weighted by molar-refractivity contribution is -0.0122. The summed E-state index contributed by atoms with van der Waals surface area (Å²) < 4.78 is 13.0. The third-order valence-corrected chi connectivity index (χ3v) is 3.29. The van der Waals surface area contributed by atoms with Gasteiger partial charge < -0.3 is 14.8 Å². The van der Waals surface area contributed by atoms with Crippen LogP contribution in [0.15, 0.2) is 6.20 Å². The van der Waals surface area contributed by atoms with Crippen LogP contribution in [-0.2, 0) is 4.74 Å². The standard InChI is InChI=1S/C13H25N3O2/c1-9(2)16-11(10(17-6)8-15-16)12(14-5)13(3,4)18-7/h8-9,12,14H,1-7H3. The van der Waals surface area contributed by atoms with Gasteiger partial charge in [0.25, 0.3) is 0 Å². The number of nitrogens with zero attached hydrogens (tertiary/aromatic N) is 2. The number of likely N-dealkylation sites (N-methyl/N-ethyl adjacent to an activating group) is 1. The molecule has 0 bridgehead atoms. The normalized spacial score (nSPS) is 14.0. The Hall–Kier alpha value is -1.07. The van der Waals surface area contributed by atoms with Crippen LogP contribution in [0, 0.1) is 0 Å². The van der Waals surface area contributed by atoms with Crippen LogP contribution in [0.2, 0.25) is 0 Å². The molecule has 1 aromatic rings. The monoisotopic (exact) mass is 255 g/mol. The molecule has 1 rings (SSSR count). The molecular weight excluding hydrogens is 230 g/mol. The van der Waals surface area contributed by atoms with Crippen molar-refractivity contribution >= 4 is 0 Å². The van der Waals surface area contributed by atoms with Crippen LogP contribution >= 0.6 is 0 Å². The second-order valence-electron chi connectivity index (χ2n) is 5.17. The van der Waals surface area contributed by atoms with Gasteiger partial charge in [0.2, 0.25) is 0 Å². The van der Waals surface area contributed by atoms with Crippen molar-refractivity contribution < 1.29 is 9.47 Å². The maximum absolute atomic E-state index is 5.59. The van der Waals surface area contributed by atoms with Gasteiger partial charge in [0, 0.05) is 13.2 Å². The largest absolute Gasteiger partial charge is 0.493 e. The summed E-state index contributed by atoms with van der Waals surface area (Å²) in [4.78, 5) is 0. The zero-order chi connectivity index (χ0) is 13.9. The Labute approximate surface area is 109 Å². The number of rotatable bonds is 6. The molecule has 0 fully saturated rings. The molecule has 0 saturated heterocycles. The number of nitrogens with one attached hydrogen (secondary N) is 1. The van der Waals surface area contributed by atoms with Crippen molar-refractivity contribution in [3.05, 3.63) is 11.9 Å². The lowest BCUT2D eigenvalue weighted by Gasteiger charge is -2.34. The topological polar surface area (TPSA) is 48.3 Å². The van der Waals surface area contributed by atoms with Crippen LogP contribution in [0.3, 0.4) is 0 Å². The molecule has 18 heavy (non-hydrogen) atoms. The highest BCUT2D eigenvalue weighted by Gasteiger charge is 2.35. The molecule has 0 saturated carbocycles. The molecule has 0 aliphatic rings. The minimum absolute atomic E-state index is 0.00218.